The SMILES string of the molecule is C=C(C)C[C@H](c1cccc(Cl)c1F)N1CCNCC1. The third-order valence-corrected chi connectivity index (χ3v) is 3.77. The first kappa shape index (κ1) is 14.5. The van der Waals surface area contributed by atoms with E-state index in [1.807, 2.05) is 19.1 Å². The molecule has 1 saturated heterocycles. The molecule has 0 saturated carbocycles. The summed E-state index contributed by atoms with van der Waals surface area (Å²) in [6, 6.07) is 5.26. The fourth-order valence-electron chi connectivity index (χ4n) is 2.54. The van der Waals surface area contributed by atoms with Gasteiger partial charge in [-0.2, -0.15) is 0 Å². The number of benzene rings is 1. The van der Waals surface area contributed by atoms with Crippen LogP contribution < -0.4 is 5.32 Å². The summed E-state index contributed by atoms with van der Waals surface area (Å²) in [7, 11) is 0. The summed E-state index contributed by atoms with van der Waals surface area (Å²) in [5.41, 5.74) is 1.74. The van der Waals surface area contributed by atoms with Crippen molar-refractivity contribution >= 4 is 11.6 Å². The summed E-state index contributed by atoms with van der Waals surface area (Å²) in [6.07, 6.45) is 0.761. The van der Waals surface area contributed by atoms with Crippen molar-refractivity contribution in [3.63, 3.8) is 0 Å². The van der Waals surface area contributed by atoms with Crippen LogP contribution in [-0.2, 0) is 0 Å². The van der Waals surface area contributed by atoms with Crippen LogP contribution in [0.4, 0.5) is 4.39 Å². The van der Waals surface area contributed by atoms with Crippen LogP contribution in [0.3, 0.4) is 0 Å². The number of hydrogen-bond donors (Lipinski definition) is 1. The molecule has 1 aliphatic rings. The second kappa shape index (κ2) is 6.51. The standard InChI is InChI=1S/C15H20ClFN2/c1-11(2)10-14(19-8-6-18-7-9-19)12-4-3-5-13(16)15(12)17/h3-5,14,18H,1,6-10H2,2H3/t14-/m1/s1. The topological polar surface area (TPSA) is 15.3 Å². The first-order chi connectivity index (χ1) is 9.09. The average molecular weight is 283 g/mol. The van der Waals surface area contributed by atoms with Crippen molar-refractivity contribution in [1.29, 1.82) is 0 Å². The van der Waals surface area contributed by atoms with Crippen molar-refractivity contribution in [2.24, 2.45) is 0 Å². The summed E-state index contributed by atoms with van der Waals surface area (Å²) in [5, 5.41) is 3.51. The van der Waals surface area contributed by atoms with E-state index < -0.39 is 0 Å². The molecular formula is C15H20ClFN2. The molecule has 104 valence electrons. The third-order valence-electron chi connectivity index (χ3n) is 3.47. The molecule has 2 nitrogen and oxygen atoms in total. The first-order valence-corrected chi connectivity index (χ1v) is 7.00. The first-order valence-electron chi connectivity index (χ1n) is 6.62. The van der Waals surface area contributed by atoms with Gasteiger partial charge in [0.25, 0.3) is 0 Å². The van der Waals surface area contributed by atoms with Crippen LogP contribution in [0.2, 0.25) is 5.02 Å². The largest absolute Gasteiger partial charge is 0.314 e. The molecular weight excluding hydrogens is 263 g/mol. The van der Waals surface area contributed by atoms with Crippen LogP contribution in [0.25, 0.3) is 0 Å². The maximum Gasteiger partial charge on any atom is 0.146 e. The zero-order chi connectivity index (χ0) is 13.8. The van der Waals surface area contributed by atoms with Crippen LogP contribution in [0, 0.1) is 5.82 Å². The molecule has 1 atom stereocenters. The summed E-state index contributed by atoms with van der Waals surface area (Å²) >= 11 is 5.91. The van der Waals surface area contributed by atoms with E-state index in [1.165, 1.54) is 0 Å². The van der Waals surface area contributed by atoms with E-state index in [2.05, 4.69) is 16.8 Å². The van der Waals surface area contributed by atoms with Gasteiger partial charge in [0.1, 0.15) is 5.82 Å². The van der Waals surface area contributed by atoms with Gasteiger partial charge in [-0.3, -0.25) is 4.90 Å². The Labute approximate surface area is 119 Å². The minimum atomic E-state index is -0.297. The van der Waals surface area contributed by atoms with E-state index in [9.17, 15) is 4.39 Å². The predicted molar refractivity (Wildman–Crippen MR) is 78.0 cm³/mol. The molecule has 1 N–H and O–H groups in total. The van der Waals surface area contributed by atoms with Gasteiger partial charge in [-0.05, 0) is 19.4 Å². The van der Waals surface area contributed by atoms with E-state index in [1.54, 1.807) is 6.07 Å². The molecule has 4 heteroatoms. The fourth-order valence-corrected chi connectivity index (χ4v) is 2.72. The second-order valence-corrected chi connectivity index (χ2v) is 5.51. The molecule has 0 aromatic heterocycles. The molecule has 1 fully saturated rings. The Morgan fingerprint density at radius 3 is 2.79 bits per heavy atom. The Balaban J connectivity index is 2.30. The van der Waals surface area contributed by atoms with Gasteiger partial charge in [-0.15, -0.1) is 6.58 Å². The van der Waals surface area contributed by atoms with Crippen molar-refractivity contribution in [1.82, 2.24) is 10.2 Å². The Bertz CT molecular complexity index is 455. The highest BCUT2D eigenvalue weighted by atomic mass is 35.5. The number of hydrogen-bond acceptors (Lipinski definition) is 2. The lowest BCUT2D eigenvalue weighted by molar-refractivity contribution is 0.169. The fraction of sp³-hybridized carbons (Fsp3) is 0.467. The van der Waals surface area contributed by atoms with Gasteiger partial charge in [0.15, 0.2) is 0 Å². The van der Waals surface area contributed by atoms with E-state index in [0.29, 0.717) is 5.56 Å². The molecule has 0 unspecified atom stereocenters. The van der Waals surface area contributed by atoms with Crippen molar-refractivity contribution in [2.45, 2.75) is 19.4 Å². The Morgan fingerprint density at radius 1 is 1.47 bits per heavy atom. The van der Waals surface area contributed by atoms with Crippen LogP contribution in [0.15, 0.2) is 30.4 Å². The Hall–Kier alpha value is -0.900. The monoisotopic (exact) mass is 282 g/mol. The second-order valence-electron chi connectivity index (χ2n) is 5.11. The van der Waals surface area contributed by atoms with Gasteiger partial charge in [-0.1, -0.05) is 29.3 Å². The zero-order valence-corrected chi connectivity index (χ0v) is 12.0. The average Bonchev–Trinajstić information content (AvgIpc) is 2.40. The summed E-state index contributed by atoms with van der Waals surface area (Å²) < 4.78 is 14.3. The van der Waals surface area contributed by atoms with E-state index in [-0.39, 0.29) is 16.9 Å². The lowest BCUT2D eigenvalue weighted by Crippen LogP contribution is -2.45. The lowest BCUT2D eigenvalue weighted by atomic mass is 9.97. The van der Waals surface area contributed by atoms with E-state index in [4.69, 9.17) is 11.6 Å². The molecule has 1 aliphatic heterocycles. The van der Waals surface area contributed by atoms with E-state index >= 15 is 0 Å². The van der Waals surface area contributed by atoms with Crippen molar-refractivity contribution in [3.05, 3.63) is 46.8 Å². The predicted octanol–water partition coefficient (Wildman–Crippen LogP) is 3.39. The normalized spacial score (nSPS) is 18.3. The number of piperazine rings is 1. The van der Waals surface area contributed by atoms with Crippen molar-refractivity contribution < 1.29 is 4.39 Å². The summed E-state index contributed by atoms with van der Waals surface area (Å²) in [4.78, 5) is 2.31. The highest BCUT2D eigenvalue weighted by molar-refractivity contribution is 6.30. The quantitative estimate of drug-likeness (QED) is 0.852. The molecule has 1 heterocycles. The molecule has 1 aromatic rings. The number of nitrogens with one attached hydrogen (secondary N) is 1. The van der Waals surface area contributed by atoms with Crippen LogP contribution in [0.1, 0.15) is 24.9 Å². The van der Waals surface area contributed by atoms with Crippen LogP contribution in [-0.4, -0.2) is 31.1 Å². The molecule has 0 bridgehead atoms. The van der Waals surface area contributed by atoms with Crippen LogP contribution >= 0.6 is 11.6 Å². The highest BCUT2D eigenvalue weighted by Gasteiger charge is 2.25. The molecule has 0 amide bonds. The van der Waals surface area contributed by atoms with E-state index in [0.717, 1.165) is 38.2 Å². The molecule has 0 aliphatic carbocycles. The summed E-state index contributed by atoms with van der Waals surface area (Å²) in [5.74, 6) is -0.297. The van der Waals surface area contributed by atoms with Crippen LogP contribution in [0.5, 0.6) is 0 Å². The van der Waals surface area contributed by atoms with Crippen molar-refractivity contribution in [3.8, 4) is 0 Å². The van der Waals surface area contributed by atoms with Gasteiger partial charge in [-0.25, -0.2) is 4.39 Å². The summed E-state index contributed by atoms with van der Waals surface area (Å²) in [6.45, 7) is 9.67. The number of nitrogens with zero attached hydrogens (tertiary/aromatic N) is 1. The number of rotatable bonds is 4. The zero-order valence-electron chi connectivity index (χ0n) is 11.3. The minimum Gasteiger partial charge on any atom is -0.314 e. The molecule has 19 heavy (non-hydrogen) atoms. The van der Waals surface area contributed by atoms with Gasteiger partial charge >= 0.3 is 0 Å². The van der Waals surface area contributed by atoms with Gasteiger partial charge in [0.05, 0.1) is 5.02 Å². The Morgan fingerprint density at radius 2 is 2.16 bits per heavy atom. The molecule has 0 radical (unpaired) electrons. The minimum absolute atomic E-state index is 0.0262. The number of halogens is 2. The highest BCUT2D eigenvalue weighted by Crippen LogP contribution is 2.31. The van der Waals surface area contributed by atoms with Gasteiger partial charge < -0.3 is 5.32 Å². The molecule has 1 aromatic carbocycles. The Kier molecular flexibility index (Phi) is 4.97. The molecule has 2 rings (SSSR count). The maximum atomic E-state index is 14.3. The maximum absolute atomic E-state index is 14.3. The van der Waals surface area contributed by atoms with Gasteiger partial charge in [0, 0.05) is 37.8 Å². The smallest absolute Gasteiger partial charge is 0.146 e. The van der Waals surface area contributed by atoms with Gasteiger partial charge in [0.2, 0.25) is 0 Å². The lowest BCUT2D eigenvalue weighted by Gasteiger charge is -2.35. The van der Waals surface area contributed by atoms with Crippen molar-refractivity contribution in [2.75, 3.05) is 26.2 Å². The molecule has 0 spiro atoms. The third kappa shape index (κ3) is 3.56.